The molecule has 2 aliphatic rings. The van der Waals surface area contributed by atoms with Crippen LogP contribution < -0.4 is 0 Å². The Balaban J connectivity index is 1.94. The number of hydrogen-bond donors (Lipinski definition) is 0. The van der Waals surface area contributed by atoms with E-state index in [9.17, 15) is 0 Å². The third-order valence-electron chi connectivity index (χ3n) is 5.00. The lowest BCUT2D eigenvalue weighted by Gasteiger charge is -2.17. The van der Waals surface area contributed by atoms with Gasteiger partial charge < -0.3 is 0 Å². The molecule has 0 unspecified atom stereocenters. The number of thioether (sulfide) groups is 1. The normalized spacial score (nSPS) is 22.9. The van der Waals surface area contributed by atoms with Crippen molar-refractivity contribution in [3.63, 3.8) is 0 Å². The fraction of sp³-hybridized carbons (Fsp3) is 0.100. The molecule has 6 rings (SSSR count). The van der Waals surface area contributed by atoms with Gasteiger partial charge in [-0.05, 0) is 49.5 Å². The Morgan fingerprint density at radius 3 is 2.52 bits per heavy atom. The first-order valence-corrected chi connectivity index (χ1v) is 8.38. The highest BCUT2D eigenvalue weighted by atomic mass is 32.2. The Labute approximate surface area is 126 Å². The standard InChI is InChI=1S/C20H12S/c1-2-11-4-5-13-10-14-7-9-16-20(21-16)19(14)15-8-6-12(3-1)17(11)18(13)15/h1-10,16,20H/t16-,20-/m1/s1. The SMILES string of the molecule is C1=C[C@H]2S[C@H]2c2c1cc1ccc3cccc4ccc2c1c34. The Bertz CT molecular complexity index is 1060. The first-order chi connectivity index (χ1) is 10.4. The molecule has 1 heterocycles. The van der Waals surface area contributed by atoms with Crippen LogP contribution in [0.4, 0.5) is 0 Å². The van der Waals surface area contributed by atoms with Crippen molar-refractivity contribution >= 4 is 50.2 Å². The Morgan fingerprint density at radius 1 is 0.810 bits per heavy atom. The van der Waals surface area contributed by atoms with Gasteiger partial charge in [-0.1, -0.05) is 54.6 Å². The zero-order valence-corrected chi connectivity index (χ0v) is 12.2. The first kappa shape index (κ1) is 10.7. The molecule has 98 valence electrons. The fourth-order valence-electron chi connectivity index (χ4n) is 4.01. The van der Waals surface area contributed by atoms with E-state index < -0.39 is 0 Å². The van der Waals surface area contributed by atoms with Crippen LogP contribution >= 0.6 is 11.8 Å². The van der Waals surface area contributed by atoms with Gasteiger partial charge in [-0.2, -0.15) is 0 Å². The highest BCUT2D eigenvalue weighted by molar-refractivity contribution is 8.07. The van der Waals surface area contributed by atoms with Crippen molar-refractivity contribution < 1.29 is 0 Å². The molecule has 1 heteroatoms. The molecule has 0 saturated carbocycles. The van der Waals surface area contributed by atoms with Gasteiger partial charge in [0.2, 0.25) is 0 Å². The summed E-state index contributed by atoms with van der Waals surface area (Å²) in [6, 6.07) is 18.2. The van der Waals surface area contributed by atoms with Crippen molar-refractivity contribution in [2.75, 3.05) is 0 Å². The van der Waals surface area contributed by atoms with E-state index in [0.29, 0.717) is 5.25 Å². The highest BCUT2D eigenvalue weighted by Crippen LogP contribution is 2.61. The van der Waals surface area contributed by atoms with Crippen LogP contribution in [0.5, 0.6) is 0 Å². The van der Waals surface area contributed by atoms with Gasteiger partial charge in [-0.15, -0.1) is 11.8 Å². The molecule has 0 N–H and O–H groups in total. The number of rotatable bonds is 0. The molecule has 1 aliphatic heterocycles. The summed E-state index contributed by atoms with van der Waals surface area (Å²) in [6.07, 6.45) is 4.69. The van der Waals surface area contributed by atoms with Crippen molar-refractivity contribution in [3.8, 4) is 0 Å². The fourth-order valence-corrected chi connectivity index (χ4v) is 5.05. The topological polar surface area (TPSA) is 0 Å². The monoisotopic (exact) mass is 284 g/mol. The molecule has 2 atom stereocenters. The van der Waals surface area contributed by atoms with Crippen LogP contribution in [-0.4, -0.2) is 5.25 Å². The highest BCUT2D eigenvalue weighted by Gasteiger charge is 2.42. The molecule has 0 nitrogen and oxygen atoms in total. The van der Waals surface area contributed by atoms with Crippen molar-refractivity contribution in [1.82, 2.24) is 0 Å². The van der Waals surface area contributed by atoms with Crippen molar-refractivity contribution in [2.45, 2.75) is 10.5 Å². The molecule has 4 aromatic carbocycles. The van der Waals surface area contributed by atoms with E-state index >= 15 is 0 Å². The van der Waals surface area contributed by atoms with E-state index in [0.717, 1.165) is 5.25 Å². The summed E-state index contributed by atoms with van der Waals surface area (Å²) in [5, 5.41) is 9.87. The van der Waals surface area contributed by atoms with Gasteiger partial charge in [0, 0.05) is 10.5 Å². The summed E-state index contributed by atoms with van der Waals surface area (Å²) >= 11 is 2.09. The third kappa shape index (κ3) is 1.24. The van der Waals surface area contributed by atoms with E-state index in [2.05, 4.69) is 72.4 Å². The maximum absolute atomic E-state index is 2.38. The maximum Gasteiger partial charge on any atom is 0.0469 e. The van der Waals surface area contributed by atoms with Crippen LogP contribution in [-0.2, 0) is 0 Å². The zero-order valence-electron chi connectivity index (χ0n) is 11.3. The van der Waals surface area contributed by atoms with Gasteiger partial charge in [0.15, 0.2) is 0 Å². The smallest absolute Gasteiger partial charge is 0.0469 e. The summed E-state index contributed by atoms with van der Waals surface area (Å²) in [7, 11) is 0. The van der Waals surface area contributed by atoms with Crippen molar-refractivity contribution in [1.29, 1.82) is 0 Å². The molecule has 0 amide bonds. The van der Waals surface area contributed by atoms with Crippen LogP contribution in [0.25, 0.3) is 38.4 Å². The van der Waals surface area contributed by atoms with Crippen molar-refractivity contribution in [2.24, 2.45) is 0 Å². The number of benzene rings is 4. The quantitative estimate of drug-likeness (QED) is 0.292. The van der Waals surface area contributed by atoms with Crippen LogP contribution in [0.1, 0.15) is 16.4 Å². The van der Waals surface area contributed by atoms with Gasteiger partial charge in [-0.3, -0.25) is 0 Å². The summed E-state index contributed by atoms with van der Waals surface area (Å²) in [5.41, 5.74) is 2.99. The van der Waals surface area contributed by atoms with Crippen LogP contribution in [0.15, 0.2) is 54.6 Å². The number of fused-ring (bicyclic) bond motifs is 4. The molecule has 1 aliphatic carbocycles. The Kier molecular flexibility index (Phi) is 1.74. The van der Waals surface area contributed by atoms with Crippen molar-refractivity contribution in [3.05, 3.63) is 65.7 Å². The van der Waals surface area contributed by atoms with E-state index in [1.165, 1.54) is 37.9 Å². The second-order valence-corrected chi connectivity index (χ2v) is 7.44. The van der Waals surface area contributed by atoms with E-state index in [4.69, 9.17) is 0 Å². The molecule has 0 aromatic heterocycles. The second kappa shape index (κ2) is 3.42. The molecule has 0 radical (unpaired) electrons. The van der Waals surface area contributed by atoms with E-state index in [1.54, 1.807) is 5.56 Å². The lowest BCUT2D eigenvalue weighted by atomic mass is 9.86. The summed E-state index contributed by atoms with van der Waals surface area (Å²) < 4.78 is 0. The predicted octanol–water partition coefficient (Wildman–Crippen LogP) is 5.77. The first-order valence-electron chi connectivity index (χ1n) is 7.44. The average Bonchev–Trinajstić information content (AvgIpc) is 3.31. The minimum absolute atomic E-state index is 0.689. The molecule has 0 bridgehead atoms. The molecule has 21 heavy (non-hydrogen) atoms. The molecule has 4 aromatic rings. The average molecular weight is 284 g/mol. The molecule has 0 spiro atoms. The Hall–Kier alpha value is -1.99. The van der Waals surface area contributed by atoms with Gasteiger partial charge in [0.25, 0.3) is 0 Å². The summed E-state index contributed by atoms with van der Waals surface area (Å²) in [4.78, 5) is 0. The van der Waals surface area contributed by atoms with E-state index in [-0.39, 0.29) is 0 Å². The largest absolute Gasteiger partial charge is 0.143 e. The number of hydrogen-bond acceptors (Lipinski definition) is 1. The summed E-state index contributed by atoms with van der Waals surface area (Å²) in [6.45, 7) is 0. The lowest BCUT2D eigenvalue weighted by Crippen LogP contribution is -1.98. The molecular formula is C20H12S. The molecule has 1 fully saturated rings. The maximum atomic E-state index is 2.38. The lowest BCUT2D eigenvalue weighted by molar-refractivity contribution is 1.11. The zero-order chi connectivity index (χ0) is 13.6. The van der Waals surface area contributed by atoms with Crippen LogP contribution in [0.2, 0.25) is 0 Å². The second-order valence-electron chi connectivity index (χ2n) is 6.12. The summed E-state index contributed by atoms with van der Waals surface area (Å²) in [5.74, 6) is 0. The Morgan fingerprint density at radius 2 is 1.62 bits per heavy atom. The molecule has 1 saturated heterocycles. The minimum Gasteiger partial charge on any atom is -0.143 e. The minimum atomic E-state index is 0.689. The van der Waals surface area contributed by atoms with E-state index in [1.807, 2.05) is 0 Å². The van der Waals surface area contributed by atoms with Gasteiger partial charge in [0.1, 0.15) is 0 Å². The van der Waals surface area contributed by atoms with Gasteiger partial charge in [0.05, 0.1) is 0 Å². The predicted molar refractivity (Wildman–Crippen MR) is 93.3 cm³/mol. The van der Waals surface area contributed by atoms with Gasteiger partial charge >= 0.3 is 0 Å². The van der Waals surface area contributed by atoms with Crippen LogP contribution in [0.3, 0.4) is 0 Å². The third-order valence-corrected chi connectivity index (χ3v) is 6.25. The van der Waals surface area contributed by atoms with Gasteiger partial charge in [-0.25, -0.2) is 0 Å². The molecular weight excluding hydrogens is 272 g/mol. The van der Waals surface area contributed by atoms with Crippen LogP contribution in [0, 0.1) is 0 Å².